The number of hydrogen-bond donors (Lipinski definition) is 2. The Balaban J connectivity index is 1.64. The summed E-state index contributed by atoms with van der Waals surface area (Å²) in [5, 5.41) is 11.2. The summed E-state index contributed by atoms with van der Waals surface area (Å²) in [6.45, 7) is 5.33. The second-order valence-corrected chi connectivity index (χ2v) is 4.81. The number of thiocarbonyl (C=S) groups is 1. The van der Waals surface area contributed by atoms with Gasteiger partial charge in [0.15, 0.2) is 5.11 Å². The van der Waals surface area contributed by atoms with E-state index in [-0.39, 0.29) is 0 Å². The first-order valence-corrected chi connectivity index (χ1v) is 6.83. The Kier molecular flexibility index (Phi) is 4.95. The van der Waals surface area contributed by atoms with Crippen LogP contribution < -0.4 is 10.6 Å². The van der Waals surface area contributed by atoms with Crippen LogP contribution in [0, 0.1) is 0 Å². The molecule has 1 saturated heterocycles. The lowest BCUT2D eigenvalue weighted by Gasteiger charge is -2.13. The molecule has 0 aromatic carbocycles. The molecule has 1 aliphatic rings. The van der Waals surface area contributed by atoms with Crippen LogP contribution in [0.3, 0.4) is 0 Å². The molecule has 0 amide bonds. The van der Waals surface area contributed by atoms with E-state index in [9.17, 15) is 0 Å². The van der Waals surface area contributed by atoms with E-state index in [1.807, 2.05) is 17.1 Å². The lowest BCUT2D eigenvalue weighted by molar-refractivity contribution is 0.114. The van der Waals surface area contributed by atoms with Crippen molar-refractivity contribution in [1.82, 2.24) is 20.4 Å². The molecule has 1 fully saturated rings. The highest BCUT2D eigenvalue weighted by Gasteiger charge is 2.15. The summed E-state index contributed by atoms with van der Waals surface area (Å²) in [4.78, 5) is 0. The zero-order valence-corrected chi connectivity index (χ0v) is 11.5. The van der Waals surface area contributed by atoms with Crippen LogP contribution >= 0.6 is 12.2 Å². The van der Waals surface area contributed by atoms with Gasteiger partial charge in [-0.3, -0.25) is 4.68 Å². The molecule has 6 heteroatoms. The SMILES string of the molecule is CCn1cc(CNC(=S)NCC2CCCO2)cn1. The first kappa shape index (κ1) is 13.3. The van der Waals surface area contributed by atoms with Gasteiger partial charge in [0, 0.05) is 38.0 Å². The quantitative estimate of drug-likeness (QED) is 0.782. The Hall–Kier alpha value is -1.14. The first-order chi connectivity index (χ1) is 8.78. The van der Waals surface area contributed by atoms with Crippen LogP contribution in [0.25, 0.3) is 0 Å². The lowest BCUT2D eigenvalue weighted by Crippen LogP contribution is -2.39. The monoisotopic (exact) mass is 268 g/mol. The van der Waals surface area contributed by atoms with E-state index in [1.165, 1.54) is 0 Å². The van der Waals surface area contributed by atoms with Crippen LogP contribution in [0.1, 0.15) is 25.3 Å². The fourth-order valence-electron chi connectivity index (χ4n) is 1.93. The molecule has 2 rings (SSSR count). The van der Waals surface area contributed by atoms with E-state index in [4.69, 9.17) is 17.0 Å². The number of hydrogen-bond acceptors (Lipinski definition) is 3. The van der Waals surface area contributed by atoms with Gasteiger partial charge in [0.2, 0.25) is 0 Å². The second-order valence-electron chi connectivity index (χ2n) is 4.40. The van der Waals surface area contributed by atoms with Gasteiger partial charge in [-0.15, -0.1) is 0 Å². The highest BCUT2D eigenvalue weighted by Crippen LogP contribution is 2.10. The molecule has 0 aliphatic carbocycles. The highest BCUT2D eigenvalue weighted by molar-refractivity contribution is 7.80. The Morgan fingerprint density at radius 3 is 3.17 bits per heavy atom. The van der Waals surface area contributed by atoms with E-state index >= 15 is 0 Å². The summed E-state index contributed by atoms with van der Waals surface area (Å²) in [5.41, 5.74) is 1.14. The largest absolute Gasteiger partial charge is 0.376 e. The molecule has 1 atom stereocenters. The summed E-state index contributed by atoms with van der Waals surface area (Å²) < 4.78 is 7.42. The molecule has 0 saturated carbocycles. The van der Waals surface area contributed by atoms with Gasteiger partial charge in [0.05, 0.1) is 12.3 Å². The van der Waals surface area contributed by atoms with Gasteiger partial charge >= 0.3 is 0 Å². The van der Waals surface area contributed by atoms with Crippen LogP contribution in [0.4, 0.5) is 0 Å². The molecule has 1 aromatic rings. The van der Waals surface area contributed by atoms with Crippen molar-refractivity contribution in [3.63, 3.8) is 0 Å². The molecule has 0 radical (unpaired) electrons. The molecule has 1 aromatic heterocycles. The van der Waals surface area contributed by atoms with Gasteiger partial charge < -0.3 is 15.4 Å². The third kappa shape index (κ3) is 3.96. The normalized spacial score (nSPS) is 18.8. The predicted molar refractivity (Wildman–Crippen MR) is 74.3 cm³/mol. The second kappa shape index (κ2) is 6.70. The molecule has 18 heavy (non-hydrogen) atoms. The molecule has 2 N–H and O–H groups in total. The Bertz CT molecular complexity index is 387. The van der Waals surface area contributed by atoms with Crippen molar-refractivity contribution in [3.05, 3.63) is 18.0 Å². The summed E-state index contributed by atoms with van der Waals surface area (Å²) in [6.07, 6.45) is 6.48. The smallest absolute Gasteiger partial charge is 0.166 e. The maximum atomic E-state index is 5.52. The summed E-state index contributed by atoms with van der Waals surface area (Å²) in [5.74, 6) is 0. The van der Waals surface area contributed by atoms with Crippen molar-refractivity contribution < 1.29 is 4.74 Å². The highest BCUT2D eigenvalue weighted by atomic mass is 32.1. The van der Waals surface area contributed by atoms with Crippen LogP contribution in [0.5, 0.6) is 0 Å². The summed E-state index contributed by atoms with van der Waals surface area (Å²) in [7, 11) is 0. The van der Waals surface area contributed by atoms with Crippen LogP contribution in [0.15, 0.2) is 12.4 Å². The standard InChI is InChI=1S/C12H20N4OS/c1-2-16-9-10(7-15-16)6-13-12(18)14-8-11-4-3-5-17-11/h7,9,11H,2-6,8H2,1H3,(H2,13,14,18). The van der Waals surface area contributed by atoms with E-state index in [2.05, 4.69) is 22.7 Å². The van der Waals surface area contributed by atoms with E-state index in [1.54, 1.807) is 0 Å². The fraction of sp³-hybridized carbons (Fsp3) is 0.667. The van der Waals surface area contributed by atoms with E-state index in [0.29, 0.717) is 17.8 Å². The van der Waals surface area contributed by atoms with Gasteiger partial charge in [-0.05, 0) is 32.0 Å². The molecule has 0 bridgehead atoms. The van der Waals surface area contributed by atoms with Crippen molar-refractivity contribution in [2.24, 2.45) is 0 Å². The third-order valence-electron chi connectivity index (χ3n) is 2.98. The van der Waals surface area contributed by atoms with Gasteiger partial charge in [0.25, 0.3) is 0 Å². The van der Waals surface area contributed by atoms with Crippen molar-refractivity contribution in [1.29, 1.82) is 0 Å². The molecule has 100 valence electrons. The summed E-state index contributed by atoms with van der Waals surface area (Å²) >= 11 is 5.22. The Labute approximate surface area is 113 Å². The third-order valence-corrected chi connectivity index (χ3v) is 3.27. The number of nitrogens with zero attached hydrogens (tertiary/aromatic N) is 2. The zero-order chi connectivity index (χ0) is 12.8. The Morgan fingerprint density at radius 1 is 1.61 bits per heavy atom. The minimum atomic E-state index is 0.313. The lowest BCUT2D eigenvalue weighted by atomic mass is 10.2. The predicted octanol–water partition coefficient (Wildman–Crippen LogP) is 1.05. The molecule has 1 unspecified atom stereocenters. The average molecular weight is 268 g/mol. The van der Waals surface area contributed by atoms with Crippen molar-refractivity contribution in [3.8, 4) is 0 Å². The van der Waals surface area contributed by atoms with Crippen LogP contribution in [0.2, 0.25) is 0 Å². The van der Waals surface area contributed by atoms with Crippen LogP contribution in [-0.2, 0) is 17.8 Å². The Morgan fingerprint density at radius 2 is 2.50 bits per heavy atom. The minimum Gasteiger partial charge on any atom is -0.376 e. The van der Waals surface area contributed by atoms with E-state index in [0.717, 1.165) is 38.1 Å². The molecule has 5 nitrogen and oxygen atoms in total. The maximum Gasteiger partial charge on any atom is 0.166 e. The number of nitrogens with one attached hydrogen (secondary N) is 2. The average Bonchev–Trinajstić information content (AvgIpc) is 3.04. The van der Waals surface area contributed by atoms with Crippen LogP contribution in [-0.4, -0.2) is 34.1 Å². The fourth-order valence-corrected chi connectivity index (χ4v) is 2.08. The number of rotatable bonds is 5. The topological polar surface area (TPSA) is 51.1 Å². The van der Waals surface area contributed by atoms with Crippen molar-refractivity contribution in [2.75, 3.05) is 13.2 Å². The maximum absolute atomic E-state index is 5.52. The number of ether oxygens (including phenoxy) is 1. The van der Waals surface area contributed by atoms with Crippen molar-refractivity contribution in [2.45, 2.75) is 39.0 Å². The molecule has 2 heterocycles. The number of aromatic nitrogens is 2. The van der Waals surface area contributed by atoms with Gasteiger partial charge in [0.1, 0.15) is 0 Å². The molecule has 0 spiro atoms. The van der Waals surface area contributed by atoms with Crippen molar-refractivity contribution >= 4 is 17.3 Å². The van der Waals surface area contributed by atoms with Gasteiger partial charge in [-0.1, -0.05) is 0 Å². The van der Waals surface area contributed by atoms with Gasteiger partial charge in [-0.25, -0.2) is 0 Å². The molecule has 1 aliphatic heterocycles. The number of aryl methyl sites for hydroxylation is 1. The first-order valence-electron chi connectivity index (χ1n) is 6.42. The molecular weight excluding hydrogens is 248 g/mol. The van der Waals surface area contributed by atoms with E-state index < -0.39 is 0 Å². The molecular formula is C12H20N4OS. The summed E-state index contributed by atoms with van der Waals surface area (Å²) in [6, 6.07) is 0. The minimum absolute atomic E-state index is 0.313. The van der Waals surface area contributed by atoms with Gasteiger partial charge in [-0.2, -0.15) is 5.10 Å². The zero-order valence-electron chi connectivity index (χ0n) is 10.7.